The fraction of sp³-hybridized carbons (Fsp3) is 0.419. The molecular weight excluding hydrogens is 488 g/mol. The molecule has 4 N–H and O–H groups in total. The molecule has 0 saturated heterocycles. The summed E-state index contributed by atoms with van der Waals surface area (Å²) >= 11 is 0. The summed E-state index contributed by atoms with van der Waals surface area (Å²) in [5, 5.41) is 20.8. The summed E-state index contributed by atoms with van der Waals surface area (Å²) in [7, 11) is 0. The van der Waals surface area contributed by atoms with Gasteiger partial charge in [0.15, 0.2) is 0 Å². The highest BCUT2D eigenvalue weighted by molar-refractivity contribution is 6.51. The molecule has 0 unspecified atom stereocenters. The Hall–Kier alpha value is -3.62. The number of carbonyl (C=O) groups excluding carboxylic acids is 1. The van der Waals surface area contributed by atoms with Gasteiger partial charge < -0.3 is 30.9 Å². The Kier molecular flexibility index (Phi) is 11.6. The van der Waals surface area contributed by atoms with Crippen molar-refractivity contribution in [2.75, 3.05) is 68.3 Å². The molecule has 39 heavy (non-hydrogen) atoms. The molecule has 0 radical (unpaired) electrons. The molecule has 0 fully saturated rings. The van der Waals surface area contributed by atoms with Crippen molar-refractivity contribution in [3.8, 4) is 0 Å². The van der Waals surface area contributed by atoms with E-state index < -0.39 is 0 Å². The predicted molar refractivity (Wildman–Crippen MR) is 165 cm³/mol. The van der Waals surface area contributed by atoms with Crippen molar-refractivity contribution < 1.29 is 9.90 Å². The van der Waals surface area contributed by atoms with E-state index in [1.54, 1.807) is 13.0 Å². The van der Waals surface area contributed by atoms with Gasteiger partial charge in [-0.3, -0.25) is 4.79 Å². The quantitative estimate of drug-likeness (QED) is 0.219. The van der Waals surface area contributed by atoms with Crippen LogP contribution in [0.5, 0.6) is 0 Å². The monoisotopic (exact) mass is 532 g/mol. The first-order valence-corrected chi connectivity index (χ1v) is 14.0. The van der Waals surface area contributed by atoms with Gasteiger partial charge in [0, 0.05) is 48.8 Å². The molecule has 0 bridgehead atoms. The molecule has 0 aromatic heterocycles. The molecule has 8 nitrogen and oxygen atoms in total. The van der Waals surface area contributed by atoms with E-state index in [2.05, 4.69) is 58.4 Å². The molecule has 8 heteroatoms. The summed E-state index contributed by atoms with van der Waals surface area (Å²) in [5.74, 6) is -0.347. The number of aliphatic hydroxyl groups excluding tert-OH is 1. The first-order chi connectivity index (χ1) is 18.9. The van der Waals surface area contributed by atoms with Crippen LogP contribution in [0.4, 0.5) is 22.7 Å². The second kappa shape index (κ2) is 15.1. The van der Waals surface area contributed by atoms with E-state index in [-0.39, 0.29) is 22.8 Å². The van der Waals surface area contributed by atoms with E-state index in [0.29, 0.717) is 11.4 Å². The molecule has 0 heterocycles. The van der Waals surface area contributed by atoms with Crippen molar-refractivity contribution in [3.63, 3.8) is 0 Å². The molecule has 0 atom stereocenters. The lowest BCUT2D eigenvalue weighted by molar-refractivity contribution is -0.109. The third-order valence-corrected chi connectivity index (χ3v) is 7.05. The van der Waals surface area contributed by atoms with Gasteiger partial charge >= 0.3 is 0 Å². The minimum absolute atomic E-state index is 0.0619. The van der Waals surface area contributed by atoms with Crippen molar-refractivity contribution in [3.05, 3.63) is 71.6 Å². The number of carbonyl (C=O) groups is 1. The van der Waals surface area contributed by atoms with Crippen LogP contribution >= 0.6 is 0 Å². The van der Waals surface area contributed by atoms with Crippen molar-refractivity contribution in [2.24, 2.45) is 4.99 Å². The summed E-state index contributed by atoms with van der Waals surface area (Å²) in [6.45, 7) is 18.2. The number of rotatable bonds is 15. The van der Waals surface area contributed by atoms with Gasteiger partial charge in [-0.25, -0.2) is 4.99 Å². The maximum absolute atomic E-state index is 12.9. The Bertz CT molecular complexity index is 1160. The second-order valence-electron chi connectivity index (χ2n) is 9.51. The number of anilines is 3. The number of hydrogen-bond donors (Lipinski definition) is 4. The van der Waals surface area contributed by atoms with Crippen LogP contribution in [0.25, 0.3) is 0 Å². The topological polar surface area (TPSA) is 92.2 Å². The van der Waals surface area contributed by atoms with Gasteiger partial charge in [-0.05, 0) is 87.7 Å². The molecule has 2 aromatic rings. The SMILES string of the molecule is CCN(CC)CCNc1ccc(N=C2C=C(Nc3ccc(NCCN(CC)CC)cc3)C(O)=C(C)C2=O)cc1. The summed E-state index contributed by atoms with van der Waals surface area (Å²) in [6, 6.07) is 15.6. The second-order valence-corrected chi connectivity index (χ2v) is 9.51. The minimum atomic E-state index is -0.285. The molecular formula is C31H44N6O2. The van der Waals surface area contributed by atoms with Crippen molar-refractivity contribution >= 4 is 34.2 Å². The molecule has 0 aliphatic heterocycles. The predicted octanol–water partition coefficient (Wildman–Crippen LogP) is 5.68. The van der Waals surface area contributed by atoms with Crippen LogP contribution in [0.2, 0.25) is 0 Å². The molecule has 0 spiro atoms. The molecule has 0 saturated carbocycles. The van der Waals surface area contributed by atoms with Crippen molar-refractivity contribution in [1.29, 1.82) is 0 Å². The fourth-order valence-corrected chi connectivity index (χ4v) is 4.37. The minimum Gasteiger partial charge on any atom is -0.505 e. The van der Waals surface area contributed by atoms with Crippen LogP contribution in [0.1, 0.15) is 34.6 Å². The highest BCUT2D eigenvalue weighted by atomic mass is 16.3. The number of benzene rings is 2. The molecule has 1 aliphatic carbocycles. The Morgan fingerprint density at radius 2 is 1.21 bits per heavy atom. The van der Waals surface area contributed by atoms with Gasteiger partial charge in [-0.2, -0.15) is 0 Å². The first kappa shape index (κ1) is 29.9. The normalized spacial score (nSPS) is 14.8. The van der Waals surface area contributed by atoms with E-state index in [9.17, 15) is 9.90 Å². The Labute approximate surface area is 233 Å². The molecule has 210 valence electrons. The number of nitrogens with one attached hydrogen (secondary N) is 3. The first-order valence-electron chi connectivity index (χ1n) is 14.0. The lowest BCUT2D eigenvalue weighted by Gasteiger charge is -2.19. The lowest BCUT2D eigenvalue weighted by atomic mass is 9.99. The third-order valence-electron chi connectivity index (χ3n) is 7.05. The zero-order valence-corrected chi connectivity index (χ0v) is 24.1. The number of ketones is 1. The average Bonchev–Trinajstić information content (AvgIpc) is 2.96. The van der Waals surface area contributed by atoms with Gasteiger partial charge in [-0.1, -0.05) is 27.7 Å². The fourth-order valence-electron chi connectivity index (χ4n) is 4.37. The van der Waals surface area contributed by atoms with E-state index in [4.69, 9.17) is 0 Å². The highest BCUT2D eigenvalue weighted by Gasteiger charge is 2.24. The van der Waals surface area contributed by atoms with Gasteiger partial charge in [-0.15, -0.1) is 0 Å². The molecule has 2 aromatic carbocycles. The Morgan fingerprint density at radius 1 is 0.744 bits per heavy atom. The zero-order chi connectivity index (χ0) is 28.2. The molecule has 3 rings (SSSR count). The number of allylic oxidation sites excluding steroid dienone is 2. The van der Waals surface area contributed by atoms with Crippen molar-refractivity contribution in [2.45, 2.75) is 34.6 Å². The van der Waals surface area contributed by atoms with E-state index in [0.717, 1.165) is 69.4 Å². The Morgan fingerprint density at radius 3 is 1.69 bits per heavy atom. The van der Waals surface area contributed by atoms with Gasteiger partial charge in [0.05, 0.1) is 11.4 Å². The van der Waals surface area contributed by atoms with Crippen LogP contribution in [-0.4, -0.2) is 78.8 Å². The summed E-state index contributed by atoms with van der Waals surface area (Å²) in [5.41, 5.74) is 4.53. The van der Waals surface area contributed by atoms with Crippen LogP contribution in [-0.2, 0) is 4.79 Å². The molecule has 1 aliphatic rings. The smallest absolute Gasteiger partial charge is 0.210 e. The Balaban J connectivity index is 1.65. The van der Waals surface area contributed by atoms with Gasteiger partial charge in [0.25, 0.3) is 0 Å². The summed E-state index contributed by atoms with van der Waals surface area (Å²) in [6.07, 6.45) is 1.61. The van der Waals surface area contributed by atoms with Crippen LogP contribution in [0.3, 0.4) is 0 Å². The summed E-state index contributed by atoms with van der Waals surface area (Å²) < 4.78 is 0. The lowest BCUT2D eigenvalue weighted by Crippen LogP contribution is -2.28. The van der Waals surface area contributed by atoms with E-state index in [1.807, 2.05) is 48.5 Å². The number of Topliss-reactive ketones (excluding diaryl/α,β-unsaturated/α-hetero) is 1. The number of nitrogens with zero attached hydrogens (tertiary/aromatic N) is 3. The van der Waals surface area contributed by atoms with Crippen LogP contribution in [0, 0.1) is 0 Å². The maximum atomic E-state index is 12.9. The number of aliphatic imine (C=N–C) groups is 1. The van der Waals surface area contributed by atoms with Gasteiger partial charge in [0.2, 0.25) is 5.78 Å². The highest BCUT2D eigenvalue weighted by Crippen LogP contribution is 2.25. The van der Waals surface area contributed by atoms with Gasteiger partial charge in [0.1, 0.15) is 11.5 Å². The zero-order valence-electron chi connectivity index (χ0n) is 24.1. The van der Waals surface area contributed by atoms with Crippen LogP contribution < -0.4 is 16.0 Å². The van der Waals surface area contributed by atoms with Crippen molar-refractivity contribution in [1.82, 2.24) is 9.80 Å². The number of aliphatic hydroxyl groups is 1. The standard InChI is InChI=1S/C31H44N6O2/c1-6-36(7-2)20-18-32-24-10-14-26(15-11-24)34-28-22-29(31(39)23(5)30(28)38)35-27-16-12-25(13-17-27)33-19-21-37(8-3)9-4/h10-17,22,32-34,38H,6-9,18-21H2,1-5H3. The average molecular weight is 533 g/mol. The maximum Gasteiger partial charge on any atom is 0.210 e. The number of likely N-dealkylation sites (N-methyl/N-ethyl adjacent to an activating group) is 2. The third kappa shape index (κ3) is 8.70. The summed E-state index contributed by atoms with van der Waals surface area (Å²) in [4.78, 5) is 22.2. The largest absolute Gasteiger partial charge is 0.505 e. The number of hydrogen-bond acceptors (Lipinski definition) is 8. The van der Waals surface area contributed by atoms with E-state index in [1.165, 1.54) is 0 Å². The van der Waals surface area contributed by atoms with E-state index >= 15 is 0 Å². The van der Waals surface area contributed by atoms with Crippen LogP contribution in [0.15, 0.2) is 76.6 Å². The molecule has 0 amide bonds.